The normalized spacial score (nSPS) is 30.0. The molecule has 0 radical (unpaired) electrons. The molecule has 11 atom stereocenters. The minimum absolute atomic E-state index is 0.0149. The summed E-state index contributed by atoms with van der Waals surface area (Å²) in [5, 5.41) is 28.9. The summed E-state index contributed by atoms with van der Waals surface area (Å²) in [4.78, 5) is 98.9. The number of carbonyl (C=O) groups is 7. The van der Waals surface area contributed by atoms with Gasteiger partial charge in [0.15, 0.2) is 17.5 Å². The van der Waals surface area contributed by atoms with Gasteiger partial charge in [-0.2, -0.15) is 0 Å². The van der Waals surface area contributed by atoms with Gasteiger partial charge in [0.1, 0.15) is 30.0 Å². The van der Waals surface area contributed by atoms with Gasteiger partial charge in [0.05, 0.1) is 29.6 Å². The largest absolute Gasteiger partial charge is 0.455 e. The van der Waals surface area contributed by atoms with E-state index in [1.165, 1.54) is 26.0 Å². The number of fused-ring (bicyclic) bond motifs is 5. The van der Waals surface area contributed by atoms with E-state index in [0.717, 1.165) is 13.8 Å². The van der Waals surface area contributed by atoms with Crippen LogP contribution in [-0.2, 0) is 52.4 Å². The maximum absolute atomic E-state index is 15.7. The van der Waals surface area contributed by atoms with Gasteiger partial charge in [-0.1, -0.05) is 93.9 Å². The highest BCUT2D eigenvalue weighted by atomic mass is 16.6. The highest BCUT2D eigenvalue weighted by molar-refractivity contribution is 5.96. The molecule has 2 bridgehead atoms. The molecular formula is C52H59NO15. The number of hydrogen-bond acceptors (Lipinski definition) is 15. The van der Waals surface area contributed by atoms with Crippen LogP contribution in [0.2, 0.25) is 0 Å². The lowest BCUT2D eigenvalue weighted by atomic mass is 9.44. The molecule has 0 spiro atoms. The Labute approximate surface area is 394 Å². The van der Waals surface area contributed by atoms with Gasteiger partial charge in [0, 0.05) is 44.1 Å². The van der Waals surface area contributed by atoms with Gasteiger partial charge in [-0.15, -0.1) is 0 Å². The maximum Gasteiger partial charge on any atom is 0.350 e. The Kier molecular flexibility index (Phi) is 14.2. The molecule has 7 rings (SSSR count). The topological polar surface area (TPSA) is 227 Å². The van der Waals surface area contributed by atoms with Crippen molar-refractivity contribution in [2.24, 2.45) is 16.7 Å². The van der Waals surface area contributed by atoms with Crippen molar-refractivity contribution in [3.8, 4) is 0 Å². The van der Waals surface area contributed by atoms with Crippen LogP contribution in [0.4, 0.5) is 0 Å². The molecule has 68 heavy (non-hydrogen) atoms. The van der Waals surface area contributed by atoms with Crippen molar-refractivity contribution < 1.29 is 72.2 Å². The number of unbranched alkanes of at least 4 members (excludes halogenated alkanes) is 1. The molecule has 3 aliphatic carbocycles. The first kappa shape index (κ1) is 49.7. The van der Waals surface area contributed by atoms with E-state index >= 15 is 9.59 Å². The first-order valence-corrected chi connectivity index (χ1v) is 22.9. The van der Waals surface area contributed by atoms with E-state index in [4.69, 9.17) is 28.4 Å². The van der Waals surface area contributed by atoms with Gasteiger partial charge in [-0.25, -0.2) is 9.59 Å². The van der Waals surface area contributed by atoms with E-state index < -0.39 is 119 Å². The summed E-state index contributed by atoms with van der Waals surface area (Å²) in [6.45, 7) is 9.85. The van der Waals surface area contributed by atoms with Crippen molar-refractivity contribution in [2.45, 2.75) is 134 Å². The summed E-state index contributed by atoms with van der Waals surface area (Å²) < 4.78 is 36.7. The fourth-order valence-corrected chi connectivity index (χ4v) is 10.8. The van der Waals surface area contributed by atoms with E-state index in [0.29, 0.717) is 18.4 Å². The van der Waals surface area contributed by atoms with E-state index in [1.54, 1.807) is 92.7 Å². The van der Waals surface area contributed by atoms with E-state index in [-0.39, 0.29) is 41.7 Å². The zero-order chi connectivity index (χ0) is 49.3. The molecule has 3 aromatic rings. The van der Waals surface area contributed by atoms with Gasteiger partial charge in [0.2, 0.25) is 6.10 Å². The molecule has 3 fully saturated rings. The van der Waals surface area contributed by atoms with Crippen molar-refractivity contribution in [1.82, 2.24) is 5.32 Å². The standard InChI is InChI=1S/C52H59NO15/c1-8-9-25-38(57)66-42(40(32-19-13-10-14-20-32)53-46(59)33-21-15-11-16-22-33)48(61)65-35-27-52(62)45(67-47(60)34-23-17-12-18-24-34)43-50(7,36(56)26-37-51(43,28-63-37)68-31(4)55)44(58)41(64-30(3)54)39(29(35)2)49(52,5)6/h10-24,35-37,40-43,45,56,62H,8-9,25-28H2,1-7H3,(H,53,59)/t35-,36-,37+,40-,41+,42+,43?,45?,50+,51-,52+/m0/s1. The van der Waals surface area contributed by atoms with Gasteiger partial charge in [-0.3, -0.25) is 24.0 Å². The third-order valence-electron chi connectivity index (χ3n) is 14.5. The summed E-state index contributed by atoms with van der Waals surface area (Å²) in [7, 11) is 0. The maximum atomic E-state index is 15.7. The van der Waals surface area contributed by atoms with Gasteiger partial charge in [-0.05, 0) is 61.2 Å². The fraction of sp³-hybridized carbons (Fsp3) is 0.481. The number of hydrogen-bond donors (Lipinski definition) is 3. The number of ketones is 1. The molecule has 2 saturated carbocycles. The average molecular weight is 938 g/mol. The molecule has 1 saturated heterocycles. The Morgan fingerprint density at radius 3 is 2.00 bits per heavy atom. The second kappa shape index (κ2) is 19.4. The van der Waals surface area contributed by atoms with Crippen molar-refractivity contribution in [3.63, 3.8) is 0 Å². The predicted octanol–water partition coefficient (Wildman–Crippen LogP) is 5.48. The third-order valence-corrected chi connectivity index (χ3v) is 14.5. The molecule has 0 aromatic heterocycles. The van der Waals surface area contributed by atoms with Crippen molar-refractivity contribution in [1.29, 1.82) is 0 Å². The van der Waals surface area contributed by atoms with Crippen LogP contribution in [0.15, 0.2) is 102 Å². The zero-order valence-electron chi connectivity index (χ0n) is 39.2. The highest BCUT2D eigenvalue weighted by Crippen LogP contribution is 2.64. The van der Waals surface area contributed by atoms with Crippen LogP contribution in [0.1, 0.15) is 113 Å². The summed E-state index contributed by atoms with van der Waals surface area (Å²) in [5.74, 6) is -7.60. The van der Waals surface area contributed by atoms with Crippen molar-refractivity contribution >= 4 is 41.5 Å². The molecule has 3 N–H and O–H groups in total. The Bertz CT molecular complexity index is 2460. The number of esters is 5. The predicted molar refractivity (Wildman–Crippen MR) is 241 cm³/mol. The third kappa shape index (κ3) is 8.85. The first-order valence-electron chi connectivity index (χ1n) is 22.9. The van der Waals surface area contributed by atoms with Gasteiger partial charge >= 0.3 is 29.8 Å². The molecule has 16 nitrogen and oxygen atoms in total. The van der Waals surface area contributed by atoms with Crippen molar-refractivity contribution in [3.05, 3.63) is 119 Å². The van der Waals surface area contributed by atoms with E-state index in [1.807, 2.05) is 6.92 Å². The van der Waals surface area contributed by atoms with Crippen LogP contribution in [-0.4, -0.2) is 106 Å². The second-order valence-electron chi connectivity index (χ2n) is 18.9. The number of benzene rings is 3. The number of rotatable bonds is 14. The molecule has 1 heterocycles. The number of carbonyl (C=O) groups excluding carboxylic acids is 7. The van der Waals surface area contributed by atoms with E-state index in [2.05, 4.69) is 5.32 Å². The lowest BCUT2D eigenvalue weighted by Gasteiger charge is -2.67. The van der Waals surface area contributed by atoms with E-state index in [9.17, 15) is 34.2 Å². The van der Waals surface area contributed by atoms with Crippen molar-refractivity contribution in [2.75, 3.05) is 6.61 Å². The summed E-state index contributed by atoms with van der Waals surface area (Å²) in [5.41, 5.74) is -7.17. The molecule has 1 amide bonds. The van der Waals surface area contributed by atoms with Crippen LogP contribution in [0.3, 0.4) is 0 Å². The Morgan fingerprint density at radius 1 is 0.838 bits per heavy atom. The number of aliphatic hydroxyl groups excluding tert-OH is 1. The second-order valence-corrected chi connectivity index (χ2v) is 18.9. The number of aliphatic hydroxyl groups is 2. The Morgan fingerprint density at radius 2 is 1.44 bits per heavy atom. The zero-order valence-corrected chi connectivity index (χ0v) is 39.2. The lowest BCUT2D eigenvalue weighted by molar-refractivity contribution is -0.346. The molecule has 1 aliphatic heterocycles. The van der Waals surface area contributed by atoms with Crippen LogP contribution in [0.25, 0.3) is 0 Å². The lowest BCUT2D eigenvalue weighted by Crippen LogP contribution is -2.82. The number of ether oxygens (including phenoxy) is 6. The minimum atomic E-state index is -2.43. The van der Waals surface area contributed by atoms with Crippen LogP contribution >= 0.6 is 0 Å². The molecule has 2 unspecified atom stereocenters. The quantitative estimate of drug-likeness (QED) is 0.103. The Balaban J connectivity index is 1.42. The van der Waals surface area contributed by atoms with Crippen LogP contribution < -0.4 is 5.32 Å². The summed E-state index contributed by atoms with van der Waals surface area (Å²) in [6.07, 6.45) is -9.51. The smallest absolute Gasteiger partial charge is 0.350 e. The van der Waals surface area contributed by atoms with Crippen LogP contribution in [0, 0.1) is 16.7 Å². The number of nitrogens with one attached hydrogen (secondary N) is 1. The van der Waals surface area contributed by atoms with Crippen LogP contribution in [0.5, 0.6) is 0 Å². The molecular weight excluding hydrogens is 879 g/mol. The molecule has 362 valence electrons. The number of Topliss-reactive ketones (excluding diaryl/α,β-unsaturated/α-hetero) is 1. The monoisotopic (exact) mass is 937 g/mol. The Hall–Kier alpha value is -6.23. The molecule has 16 heteroatoms. The average Bonchev–Trinajstić information content (AvgIpc) is 3.30. The number of amides is 1. The highest BCUT2D eigenvalue weighted by Gasteiger charge is 2.78. The molecule has 4 aliphatic rings. The SMILES string of the molecule is CCCCC(=O)O[C@@H](C(=O)O[C@H]1C[C@@]2(O)C(OC(=O)c3ccccc3)C3[C@](C)(C(=O)[C@H](OC(C)=O)C(=C1C)C2(C)C)[C@@H](O)C[C@H]1OC[C@@]31OC(C)=O)[C@@H](NC(=O)c1ccccc1)c1ccccc1. The first-order chi connectivity index (χ1) is 32.2. The molecule has 3 aromatic carbocycles. The fourth-order valence-electron chi connectivity index (χ4n) is 10.8. The minimum Gasteiger partial charge on any atom is -0.455 e. The van der Waals surface area contributed by atoms with Gasteiger partial charge in [0.25, 0.3) is 5.91 Å². The summed E-state index contributed by atoms with van der Waals surface area (Å²) in [6, 6.07) is 23.1. The summed E-state index contributed by atoms with van der Waals surface area (Å²) >= 11 is 0. The van der Waals surface area contributed by atoms with Gasteiger partial charge < -0.3 is 44.0 Å².